The zero-order valence-corrected chi connectivity index (χ0v) is 12.3. The molecule has 0 radical (unpaired) electrons. The molecule has 22 heavy (non-hydrogen) atoms. The number of carbonyl (C=O) groups is 4. The van der Waals surface area contributed by atoms with Gasteiger partial charge in [-0.15, -0.1) is 0 Å². The molecule has 0 saturated heterocycles. The van der Waals surface area contributed by atoms with E-state index in [9.17, 15) is 19.2 Å². The summed E-state index contributed by atoms with van der Waals surface area (Å²) >= 11 is 0. The van der Waals surface area contributed by atoms with Crippen LogP contribution in [0.1, 0.15) is 26.2 Å². The van der Waals surface area contributed by atoms with Crippen LogP contribution < -0.4 is 16.2 Å². The van der Waals surface area contributed by atoms with Crippen molar-refractivity contribution in [2.45, 2.75) is 26.2 Å². The van der Waals surface area contributed by atoms with E-state index < -0.39 is 18.5 Å². The number of rotatable bonds is 8. The quantitative estimate of drug-likeness (QED) is 0.384. The lowest BCUT2D eigenvalue weighted by Gasteiger charge is -2.15. The third-order valence-corrected chi connectivity index (χ3v) is 2.57. The molecule has 0 aliphatic carbocycles. The van der Waals surface area contributed by atoms with Crippen LogP contribution in [0.5, 0.6) is 0 Å². The predicted molar refractivity (Wildman–Crippen MR) is 73.8 cm³/mol. The van der Waals surface area contributed by atoms with E-state index >= 15 is 0 Å². The van der Waals surface area contributed by atoms with Gasteiger partial charge in [0.05, 0.1) is 6.61 Å². The standard InChI is InChI=1S/C13H19N3O6/c1-2-21-12(19)4-3-7-14-11(18)8-22-13(20)9-5-6-10(17)16-15-9/h5,15H,2-4,6-8H2,1H3,(H,14,18)(H,16,17). The second kappa shape index (κ2) is 9.37. The predicted octanol–water partition coefficient (Wildman–Crippen LogP) is -1.10. The minimum Gasteiger partial charge on any atom is -0.466 e. The number of carbonyl (C=O) groups excluding carboxylic acids is 4. The van der Waals surface area contributed by atoms with Gasteiger partial charge >= 0.3 is 11.9 Å². The zero-order chi connectivity index (χ0) is 16.4. The first-order valence-corrected chi connectivity index (χ1v) is 6.87. The van der Waals surface area contributed by atoms with Gasteiger partial charge in [-0.3, -0.25) is 25.2 Å². The lowest BCUT2D eigenvalue weighted by molar-refractivity contribution is -0.145. The molecular formula is C13H19N3O6. The van der Waals surface area contributed by atoms with Crippen LogP contribution in [0.3, 0.4) is 0 Å². The molecule has 1 aliphatic heterocycles. The highest BCUT2D eigenvalue weighted by atomic mass is 16.5. The van der Waals surface area contributed by atoms with Crippen LogP contribution in [0.2, 0.25) is 0 Å². The van der Waals surface area contributed by atoms with Gasteiger partial charge in [-0.2, -0.15) is 0 Å². The maximum Gasteiger partial charge on any atom is 0.356 e. The minimum atomic E-state index is -0.735. The average Bonchev–Trinajstić information content (AvgIpc) is 2.50. The first-order valence-electron chi connectivity index (χ1n) is 6.87. The van der Waals surface area contributed by atoms with Crippen molar-refractivity contribution < 1.29 is 28.7 Å². The Morgan fingerprint density at radius 1 is 1.27 bits per heavy atom. The van der Waals surface area contributed by atoms with E-state index in [1.807, 2.05) is 0 Å². The Balaban J connectivity index is 2.14. The van der Waals surface area contributed by atoms with E-state index in [1.54, 1.807) is 6.92 Å². The van der Waals surface area contributed by atoms with Crippen LogP contribution in [0, 0.1) is 0 Å². The maximum absolute atomic E-state index is 11.6. The Hall–Kier alpha value is -2.58. The van der Waals surface area contributed by atoms with E-state index in [-0.39, 0.29) is 37.0 Å². The number of hydrazine groups is 1. The molecule has 1 aliphatic rings. The Kier molecular flexibility index (Phi) is 7.44. The molecule has 9 nitrogen and oxygen atoms in total. The number of hydrogen-bond acceptors (Lipinski definition) is 7. The average molecular weight is 313 g/mol. The topological polar surface area (TPSA) is 123 Å². The van der Waals surface area contributed by atoms with E-state index in [4.69, 9.17) is 9.47 Å². The van der Waals surface area contributed by atoms with Gasteiger partial charge in [0.25, 0.3) is 5.91 Å². The smallest absolute Gasteiger partial charge is 0.356 e. The summed E-state index contributed by atoms with van der Waals surface area (Å²) < 4.78 is 9.51. The molecule has 0 saturated carbocycles. The van der Waals surface area contributed by atoms with Gasteiger partial charge < -0.3 is 14.8 Å². The van der Waals surface area contributed by atoms with Crippen LogP contribution in [0.25, 0.3) is 0 Å². The summed E-state index contributed by atoms with van der Waals surface area (Å²) in [5, 5.41) is 2.51. The third kappa shape index (κ3) is 6.73. The summed E-state index contributed by atoms with van der Waals surface area (Å²) in [4.78, 5) is 44.9. The van der Waals surface area contributed by atoms with Gasteiger partial charge in [-0.05, 0) is 19.4 Å². The molecule has 2 amide bonds. The van der Waals surface area contributed by atoms with E-state index in [2.05, 4.69) is 16.2 Å². The van der Waals surface area contributed by atoms with E-state index in [0.29, 0.717) is 13.0 Å². The first-order chi connectivity index (χ1) is 10.5. The molecule has 0 atom stereocenters. The van der Waals surface area contributed by atoms with Crippen molar-refractivity contribution in [2.24, 2.45) is 0 Å². The molecule has 0 aromatic carbocycles. The Labute approximate surface area is 127 Å². The van der Waals surface area contributed by atoms with E-state index in [0.717, 1.165) is 0 Å². The molecule has 0 bridgehead atoms. The lowest BCUT2D eigenvalue weighted by atomic mass is 10.3. The second-order valence-corrected chi connectivity index (χ2v) is 4.33. The molecule has 0 spiro atoms. The van der Waals surface area contributed by atoms with Crippen LogP contribution in [0.15, 0.2) is 11.8 Å². The number of hydrogen-bond donors (Lipinski definition) is 3. The van der Waals surface area contributed by atoms with Gasteiger partial charge in [0, 0.05) is 19.4 Å². The van der Waals surface area contributed by atoms with Crippen molar-refractivity contribution in [1.82, 2.24) is 16.2 Å². The SMILES string of the molecule is CCOC(=O)CCCNC(=O)COC(=O)C1=CCC(=O)NN1. The molecule has 0 aromatic heterocycles. The van der Waals surface area contributed by atoms with Crippen LogP contribution in [-0.4, -0.2) is 43.5 Å². The van der Waals surface area contributed by atoms with Crippen molar-refractivity contribution in [3.05, 3.63) is 11.8 Å². The first kappa shape index (κ1) is 17.5. The van der Waals surface area contributed by atoms with Crippen molar-refractivity contribution >= 4 is 23.8 Å². The Morgan fingerprint density at radius 2 is 2.05 bits per heavy atom. The van der Waals surface area contributed by atoms with Crippen LogP contribution in [0.4, 0.5) is 0 Å². The minimum absolute atomic E-state index is 0.0670. The summed E-state index contributed by atoms with van der Waals surface area (Å²) in [5.74, 6) is -1.80. The monoisotopic (exact) mass is 313 g/mol. The highest BCUT2D eigenvalue weighted by Crippen LogP contribution is 2.00. The molecule has 0 aromatic rings. The normalized spacial score (nSPS) is 13.3. The van der Waals surface area contributed by atoms with Gasteiger partial charge in [0.15, 0.2) is 6.61 Å². The molecule has 0 unspecified atom stereocenters. The van der Waals surface area contributed by atoms with Crippen molar-refractivity contribution in [3.63, 3.8) is 0 Å². The fourth-order valence-electron chi connectivity index (χ4n) is 1.52. The molecule has 122 valence electrons. The molecule has 9 heteroatoms. The number of amides is 2. The van der Waals surface area contributed by atoms with Gasteiger partial charge in [0.1, 0.15) is 5.70 Å². The summed E-state index contributed by atoms with van der Waals surface area (Å²) in [6.45, 7) is 1.89. The molecule has 0 fully saturated rings. The van der Waals surface area contributed by atoms with Crippen molar-refractivity contribution in [2.75, 3.05) is 19.8 Å². The highest BCUT2D eigenvalue weighted by Gasteiger charge is 2.17. The maximum atomic E-state index is 11.6. The van der Waals surface area contributed by atoms with Gasteiger partial charge in [-0.25, -0.2) is 4.79 Å². The van der Waals surface area contributed by atoms with E-state index in [1.165, 1.54) is 6.08 Å². The third-order valence-electron chi connectivity index (χ3n) is 2.57. The van der Waals surface area contributed by atoms with Gasteiger partial charge in [0.2, 0.25) is 5.91 Å². The molecule has 1 rings (SSSR count). The summed E-state index contributed by atoms with van der Waals surface area (Å²) in [5.41, 5.74) is 4.71. The largest absolute Gasteiger partial charge is 0.466 e. The summed E-state index contributed by atoms with van der Waals surface area (Å²) in [6, 6.07) is 0. The Morgan fingerprint density at radius 3 is 2.68 bits per heavy atom. The van der Waals surface area contributed by atoms with Crippen molar-refractivity contribution in [1.29, 1.82) is 0 Å². The number of ether oxygens (including phenoxy) is 2. The fourth-order valence-corrected chi connectivity index (χ4v) is 1.52. The highest BCUT2D eigenvalue weighted by molar-refractivity contribution is 5.92. The van der Waals surface area contributed by atoms with Crippen LogP contribution in [-0.2, 0) is 28.7 Å². The molecule has 3 N–H and O–H groups in total. The number of nitrogens with one attached hydrogen (secondary N) is 3. The lowest BCUT2D eigenvalue weighted by Crippen LogP contribution is -2.42. The number of esters is 2. The zero-order valence-electron chi connectivity index (χ0n) is 12.3. The van der Waals surface area contributed by atoms with Crippen molar-refractivity contribution in [3.8, 4) is 0 Å². The summed E-state index contributed by atoms with van der Waals surface area (Å²) in [6.07, 6.45) is 2.09. The Bertz CT molecular complexity index is 474. The van der Waals surface area contributed by atoms with Gasteiger partial charge in [-0.1, -0.05) is 0 Å². The molecular weight excluding hydrogens is 294 g/mol. The van der Waals surface area contributed by atoms with Crippen LogP contribution >= 0.6 is 0 Å². The molecule has 1 heterocycles. The fraction of sp³-hybridized carbons (Fsp3) is 0.538. The second-order valence-electron chi connectivity index (χ2n) is 4.33. The summed E-state index contributed by atoms with van der Waals surface area (Å²) in [7, 11) is 0.